The van der Waals surface area contributed by atoms with E-state index < -0.39 is 11.7 Å². The molecule has 1 aromatic carbocycles. The molecule has 1 heterocycles. The van der Waals surface area contributed by atoms with Crippen molar-refractivity contribution in [2.45, 2.75) is 13.1 Å². The molecule has 4 nitrogen and oxygen atoms in total. The van der Waals surface area contributed by atoms with Gasteiger partial charge in [0.25, 0.3) is 0 Å². The van der Waals surface area contributed by atoms with Crippen molar-refractivity contribution in [3.05, 3.63) is 29.8 Å². The van der Waals surface area contributed by atoms with Gasteiger partial charge in [0, 0.05) is 38.4 Å². The van der Waals surface area contributed by atoms with Crippen molar-refractivity contribution in [3.63, 3.8) is 0 Å². The largest absolute Gasteiger partial charge is 0.469 e. The lowest BCUT2D eigenvalue weighted by atomic mass is 10.1. The molecule has 1 fully saturated rings. The Morgan fingerprint density at radius 2 is 1.74 bits per heavy atom. The predicted octanol–water partition coefficient (Wildman–Crippen LogP) is 2.64. The molecule has 1 aromatic rings. The number of carbonyl (C=O) groups excluding carboxylic acids is 1. The number of benzene rings is 1. The number of piperazine rings is 1. The molecular weight excluding hydrogens is 309 g/mol. The zero-order chi connectivity index (χ0) is 17.0. The first-order valence-corrected chi connectivity index (χ1v) is 7.53. The molecule has 0 N–H and O–H groups in total. The van der Waals surface area contributed by atoms with Crippen LogP contribution < -0.4 is 4.90 Å². The van der Waals surface area contributed by atoms with Gasteiger partial charge < -0.3 is 9.64 Å². The Balaban J connectivity index is 1.88. The highest BCUT2D eigenvalue weighted by Crippen LogP contribution is 2.30. The van der Waals surface area contributed by atoms with Gasteiger partial charge in [0.05, 0.1) is 18.6 Å². The second kappa shape index (κ2) is 7.21. The number of nitrogens with zero attached hydrogens (tertiary/aromatic N) is 2. The minimum atomic E-state index is -4.30. The number of hydrogen-bond acceptors (Lipinski definition) is 4. The van der Waals surface area contributed by atoms with Crippen LogP contribution in [0.3, 0.4) is 0 Å². The summed E-state index contributed by atoms with van der Waals surface area (Å²) in [6.45, 7) is 5.44. The van der Waals surface area contributed by atoms with E-state index in [0.29, 0.717) is 6.54 Å². The number of alkyl halides is 3. The van der Waals surface area contributed by atoms with Crippen LogP contribution in [0.4, 0.5) is 18.9 Å². The van der Waals surface area contributed by atoms with Gasteiger partial charge in [-0.25, -0.2) is 0 Å². The zero-order valence-corrected chi connectivity index (χ0v) is 13.3. The van der Waals surface area contributed by atoms with Crippen molar-refractivity contribution in [3.8, 4) is 0 Å². The van der Waals surface area contributed by atoms with Crippen LogP contribution in [-0.2, 0) is 15.7 Å². The van der Waals surface area contributed by atoms with Crippen LogP contribution in [-0.4, -0.2) is 50.7 Å². The molecule has 1 atom stereocenters. The summed E-state index contributed by atoms with van der Waals surface area (Å²) in [5, 5.41) is 0. The van der Waals surface area contributed by atoms with E-state index in [2.05, 4.69) is 9.80 Å². The average Bonchev–Trinajstić information content (AvgIpc) is 2.54. The van der Waals surface area contributed by atoms with Gasteiger partial charge in [-0.1, -0.05) is 6.92 Å². The number of rotatable bonds is 4. The van der Waals surface area contributed by atoms with Crippen LogP contribution >= 0.6 is 0 Å². The zero-order valence-electron chi connectivity index (χ0n) is 13.3. The summed E-state index contributed by atoms with van der Waals surface area (Å²) in [6, 6.07) is 5.24. The summed E-state index contributed by atoms with van der Waals surface area (Å²) in [6.07, 6.45) is -4.30. The average molecular weight is 330 g/mol. The van der Waals surface area contributed by atoms with Crippen LogP contribution in [0.5, 0.6) is 0 Å². The number of halogens is 3. The topological polar surface area (TPSA) is 32.8 Å². The van der Waals surface area contributed by atoms with E-state index in [0.717, 1.165) is 44.0 Å². The summed E-state index contributed by atoms with van der Waals surface area (Å²) in [5.74, 6) is -0.409. The molecule has 2 rings (SSSR count). The first kappa shape index (κ1) is 17.6. The Morgan fingerprint density at radius 1 is 1.17 bits per heavy atom. The van der Waals surface area contributed by atoms with Gasteiger partial charge in [0.2, 0.25) is 0 Å². The van der Waals surface area contributed by atoms with E-state index in [1.165, 1.54) is 19.2 Å². The first-order chi connectivity index (χ1) is 10.8. The van der Waals surface area contributed by atoms with Crippen molar-refractivity contribution in [2.75, 3.05) is 44.7 Å². The monoisotopic (exact) mass is 330 g/mol. The normalized spacial score (nSPS) is 17.9. The molecule has 0 saturated carbocycles. The lowest BCUT2D eigenvalue weighted by molar-refractivity contribution is -0.145. The summed E-state index contributed by atoms with van der Waals surface area (Å²) in [7, 11) is 1.38. The van der Waals surface area contributed by atoms with Gasteiger partial charge in [-0.3, -0.25) is 9.69 Å². The summed E-state index contributed by atoms with van der Waals surface area (Å²) in [4.78, 5) is 15.7. The van der Waals surface area contributed by atoms with Crippen molar-refractivity contribution in [1.82, 2.24) is 4.90 Å². The highest BCUT2D eigenvalue weighted by molar-refractivity contribution is 5.72. The maximum atomic E-state index is 12.6. The third kappa shape index (κ3) is 4.60. The Morgan fingerprint density at radius 3 is 2.22 bits per heavy atom. The second-order valence-corrected chi connectivity index (χ2v) is 5.76. The van der Waals surface area contributed by atoms with Crippen LogP contribution in [0.2, 0.25) is 0 Å². The van der Waals surface area contributed by atoms with Gasteiger partial charge in [-0.15, -0.1) is 0 Å². The standard InChI is InChI=1S/C16H21F3N2O2/c1-12(15(22)23-2)11-20-7-9-21(10-8-20)14-5-3-13(4-6-14)16(17,18)19/h3-6,12H,7-11H2,1-2H3. The highest BCUT2D eigenvalue weighted by atomic mass is 19.4. The van der Waals surface area contributed by atoms with Crippen LogP contribution in [0.15, 0.2) is 24.3 Å². The van der Waals surface area contributed by atoms with Gasteiger partial charge in [0.15, 0.2) is 0 Å². The van der Waals surface area contributed by atoms with E-state index in [1.54, 1.807) is 0 Å². The number of anilines is 1. The third-order valence-electron chi connectivity index (χ3n) is 4.07. The van der Waals surface area contributed by atoms with Gasteiger partial charge in [0.1, 0.15) is 0 Å². The molecule has 1 aliphatic heterocycles. The van der Waals surface area contributed by atoms with E-state index in [4.69, 9.17) is 4.74 Å². The summed E-state index contributed by atoms with van der Waals surface area (Å²) >= 11 is 0. The van der Waals surface area contributed by atoms with Crippen molar-refractivity contribution in [2.24, 2.45) is 5.92 Å². The molecule has 1 unspecified atom stereocenters. The molecule has 0 spiro atoms. The molecule has 1 aliphatic rings. The highest BCUT2D eigenvalue weighted by Gasteiger charge is 2.30. The molecule has 7 heteroatoms. The number of esters is 1. The fraction of sp³-hybridized carbons (Fsp3) is 0.562. The van der Waals surface area contributed by atoms with Gasteiger partial charge in [-0.2, -0.15) is 13.2 Å². The quantitative estimate of drug-likeness (QED) is 0.795. The molecule has 0 bridgehead atoms. The maximum Gasteiger partial charge on any atom is 0.416 e. The number of carbonyl (C=O) groups is 1. The lowest BCUT2D eigenvalue weighted by Crippen LogP contribution is -2.48. The molecular formula is C16H21F3N2O2. The molecule has 0 amide bonds. The minimum absolute atomic E-state index is 0.183. The van der Waals surface area contributed by atoms with E-state index in [1.807, 2.05) is 6.92 Å². The third-order valence-corrected chi connectivity index (χ3v) is 4.07. The van der Waals surface area contributed by atoms with Crippen molar-refractivity contribution >= 4 is 11.7 Å². The Bertz CT molecular complexity index is 523. The molecule has 0 radical (unpaired) electrons. The van der Waals surface area contributed by atoms with Crippen LogP contribution in [0.25, 0.3) is 0 Å². The Labute approximate surface area is 133 Å². The fourth-order valence-electron chi connectivity index (χ4n) is 2.71. The fourth-order valence-corrected chi connectivity index (χ4v) is 2.71. The van der Waals surface area contributed by atoms with E-state index >= 15 is 0 Å². The Hall–Kier alpha value is -1.76. The van der Waals surface area contributed by atoms with Crippen LogP contribution in [0, 0.1) is 5.92 Å². The van der Waals surface area contributed by atoms with Gasteiger partial charge in [-0.05, 0) is 24.3 Å². The number of hydrogen-bond donors (Lipinski definition) is 0. The second-order valence-electron chi connectivity index (χ2n) is 5.76. The first-order valence-electron chi connectivity index (χ1n) is 7.53. The predicted molar refractivity (Wildman–Crippen MR) is 81.3 cm³/mol. The van der Waals surface area contributed by atoms with E-state index in [9.17, 15) is 18.0 Å². The molecule has 0 aromatic heterocycles. The Kier molecular flexibility index (Phi) is 5.51. The smallest absolute Gasteiger partial charge is 0.416 e. The SMILES string of the molecule is COC(=O)C(C)CN1CCN(c2ccc(C(F)(F)F)cc2)CC1. The molecule has 1 saturated heterocycles. The maximum absolute atomic E-state index is 12.6. The molecule has 0 aliphatic carbocycles. The molecule has 23 heavy (non-hydrogen) atoms. The van der Waals surface area contributed by atoms with Crippen molar-refractivity contribution < 1.29 is 22.7 Å². The lowest BCUT2D eigenvalue weighted by Gasteiger charge is -2.36. The van der Waals surface area contributed by atoms with Gasteiger partial charge >= 0.3 is 12.1 Å². The number of ether oxygens (including phenoxy) is 1. The summed E-state index contributed by atoms with van der Waals surface area (Å²) in [5.41, 5.74) is 0.158. The minimum Gasteiger partial charge on any atom is -0.469 e. The van der Waals surface area contributed by atoms with E-state index in [-0.39, 0.29) is 11.9 Å². The van der Waals surface area contributed by atoms with Crippen molar-refractivity contribution in [1.29, 1.82) is 0 Å². The summed E-state index contributed by atoms with van der Waals surface area (Å²) < 4.78 is 42.4. The molecule has 128 valence electrons. The van der Waals surface area contributed by atoms with Crippen LogP contribution in [0.1, 0.15) is 12.5 Å². The number of methoxy groups -OCH3 is 1.